The van der Waals surface area contributed by atoms with Crippen LogP contribution in [-0.2, 0) is 4.74 Å². The molecule has 1 aromatic heterocycles. The normalized spacial score (nSPS) is 23.4. The van der Waals surface area contributed by atoms with Crippen molar-refractivity contribution in [3.05, 3.63) is 21.9 Å². The molecule has 5 heteroatoms. The Morgan fingerprint density at radius 1 is 1.59 bits per heavy atom. The fourth-order valence-corrected chi connectivity index (χ4v) is 2.54. The van der Waals surface area contributed by atoms with Gasteiger partial charge in [0.1, 0.15) is 5.15 Å². The molecular formula is C12H16BrClN2O. The maximum Gasteiger partial charge on any atom is 0.143 e. The summed E-state index contributed by atoms with van der Waals surface area (Å²) < 4.78 is 6.51. The van der Waals surface area contributed by atoms with Crippen LogP contribution in [0.5, 0.6) is 0 Å². The van der Waals surface area contributed by atoms with Crippen molar-refractivity contribution in [1.82, 2.24) is 4.98 Å². The Kier molecular flexibility index (Phi) is 3.95. The zero-order chi connectivity index (χ0) is 12.5. The molecule has 1 N–H and O–H groups in total. The average Bonchev–Trinajstić information content (AvgIpc) is 2.22. The van der Waals surface area contributed by atoms with Crippen molar-refractivity contribution in [2.75, 3.05) is 11.9 Å². The highest BCUT2D eigenvalue weighted by Crippen LogP contribution is 2.28. The molecule has 1 aliphatic heterocycles. The third-order valence-electron chi connectivity index (χ3n) is 2.86. The second-order valence-corrected chi connectivity index (χ2v) is 6.15. The molecule has 0 aliphatic carbocycles. The minimum Gasteiger partial charge on any atom is -0.381 e. The van der Waals surface area contributed by atoms with Gasteiger partial charge in [0.25, 0.3) is 0 Å². The molecule has 1 saturated heterocycles. The molecule has 1 fully saturated rings. The van der Waals surface area contributed by atoms with Gasteiger partial charge in [0.05, 0.1) is 22.0 Å². The quantitative estimate of drug-likeness (QED) is 0.840. The van der Waals surface area contributed by atoms with Crippen LogP contribution in [0.1, 0.15) is 26.7 Å². The maximum absolute atomic E-state index is 5.86. The van der Waals surface area contributed by atoms with E-state index < -0.39 is 0 Å². The van der Waals surface area contributed by atoms with Crippen LogP contribution >= 0.6 is 27.5 Å². The molecule has 0 bridgehead atoms. The van der Waals surface area contributed by atoms with E-state index >= 15 is 0 Å². The third-order valence-corrected chi connectivity index (χ3v) is 4.00. The summed E-state index contributed by atoms with van der Waals surface area (Å²) in [6, 6.07) is 2.38. The van der Waals surface area contributed by atoms with Gasteiger partial charge in [-0.25, -0.2) is 4.98 Å². The van der Waals surface area contributed by atoms with Crippen molar-refractivity contribution < 1.29 is 4.74 Å². The van der Waals surface area contributed by atoms with Gasteiger partial charge >= 0.3 is 0 Å². The lowest BCUT2D eigenvalue weighted by Gasteiger charge is -2.36. The molecule has 3 nitrogen and oxygen atoms in total. The largest absolute Gasteiger partial charge is 0.381 e. The zero-order valence-corrected chi connectivity index (χ0v) is 12.3. The van der Waals surface area contributed by atoms with Crippen LogP contribution in [0.15, 0.2) is 16.7 Å². The smallest absolute Gasteiger partial charge is 0.143 e. The van der Waals surface area contributed by atoms with Gasteiger partial charge in [-0.2, -0.15) is 0 Å². The van der Waals surface area contributed by atoms with Gasteiger partial charge in [-0.05, 0) is 48.7 Å². The molecule has 0 radical (unpaired) electrons. The predicted molar refractivity (Wildman–Crippen MR) is 73.6 cm³/mol. The molecule has 2 rings (SSSR count). The minimum absolute atomic E-state index is 0.0486. The van der Waals surface area contributed by atoms with E-state index in [1.807, 2.05) is 6.07 Å². The van der Waals surface area contributed by atoms with Crippen LogP contribution in [-0.4, -0.2) is 23.2 Å². The van der Waals surface area contributed by atoms with Gasteiger partial charge in [0.15, 0.2) is 0 Å². The van der Waals surface area contributed by atoms with Crippen molar-refractivity contribution >= 4 is 33.2 Å². The number of hydrogen-bond acceptors (Lipinski definition) is 3. The van der Waals surface area contributed by atoms with E-state index in [-0.39, 0.29) is 5.60 Å². The first-order chi connectivity index (χ1) is 7.96. The molecule has 0 aromatic carbocycles. The highest BCUT2D eigenvalue weighted by Gasteiger charge is 2.28. The van der Waals surface area contributed by atoms with E-state index in [0.717, 1.165) is 29.6 Å². The lowest BCUT2D eigenvalue weighted by molar-refractivity contribution is -0.0553. The second kappa shape index (κ2) is 5.12. The van der Waals surface area contributed by atoms with E-state index in [4.69, 9.17) is 16.3 Å². The number of anilines is 1. The Hall–Kier alpha value is -0.320. The van der Waals surface area contributed by atoms with Gasteiger partial charge in [-0.3, -0.25) is 0 Å². The van der Waals surface area contributed by atoms with Gasteiger partial charge in [-0.1, -0.05) is 11.6 Å². The summed E-state index contributed by atoms with van der Waals surface area (Å²) in [6.45, 7) is 5.04. The summed E-state index contributed by atoms with van der Waals surface area (Å²) in [6.07, 6.45) is 3.77. The SMILES string of the molecule is CC1(C)CC(Nc2cnc(Cl)c(Br)c2)CCO1. The molecule has 1 atom stereocenters. The van der Waals surface area contributed by atoms with Crippen LogP contribution in [0.25, 0.3) is 0 Å². The summed E-state index contributed by atoms with van der Waals surface area (Å²) >= 11 is 9.24. The lowest BCUT2D eigenvalue weighted by atomic mass is 9.94. The van der Waals surface area contributed by atoms with Crippen LogP contribution in [0.4, 0.5) is 5.69 Å². The number of nitrogens with one attached hydrogen (secondary N) is 1. The molecule has 17 heavy (non-hydrogen) atoms. The first-order valence-electron chi connectivity index (χ1n) is 5.68. The Morgan fingerprint density at radius 2 is 2.35 bits per heavy atom. The van der Waals surface area contributed by atoms with E-state index in [1.165, 1.54) is 0 Å². The topological polar surface area (TPSA) is 34.2 Å². The average molecular weight is 320 g/mol. The number of aromatic nitrogens is 1. The van der Waals surface area contributed by atoms with Crippen molar-refractivity contribution in [2.45, 2.75) is 38.3 Å². The fraction of sp³-hybridized carbons (Fsp3) is 0.583. The molecule has 1 aliphatic rings. The predicted octanol–water partition coefficient (Wildman–Crippen LogP) is 3.87. The Morgan fingerprint density at radius 3 is 3.00 bits per heavy atom. The summed E-state index contributed by atoms with van der Waals surface area (Å²) in [5.74, 6) is 0. The molecule has 0 amide bonds. The van der Waals surface area contributed by atoms with Crippen LogP contribution in [0.3, 0.4) is 0 Å². The number of halogens is 2. The monoisotopic (exact) mass is 318 g/mol. The first-order valence-corrected chi connectivity index (χ1v) is 6.85. The number of hydrogen-bond donors (Lipinski definition) is 1. The van der Waals surface area contributed by atoms with E-state index in [1.54, 1.807) is 6.20 Å². The van der Waals surface area contributed by atoms with E-state index in [9.17, 15) is 0 Å². The molecule has 0 spiro atoms. The van der Waals surface area contributed by atoms with E-state index in [2.05, 4.69) is 40.1 Å². The molecule has 1 unspecified atom stereocenters. The van der Waals surface area contributed by atoms with Crippen molar-refractivity contribution in [3.63, 3.8) is 0 Å². The van der Waals surface area contributed by atoms with Gasteiger partial charge in [0, 0.05) is 12.6 Å². The maximum atomic E-state index is 5.86. The van der Waals surface area contributed by atoms with Gasteiger partial charge < -0.3 is 10.1 Å². The number of rotatable bonds is 2. The minimum atomic E-state index is -0.0486. The third kappa shape index (κ3) is 3.57. The Labute approximate surface area is 115 Å². The van der Waals surface area contributed by atoms with Crippen molar-refractivity contribution in [3.8, 4) is 0 Å². The van der Waals surface area contributed by atoms with Crippen LogP contribution in [0, 0.1) is 0 Å². The standard InChI is InChI=1S/C12H16BrClN2O/c1-12(2)6-8(3-4-17-12)16-9-5-10(13)11(14)15-7-9/h5,7-8,16H,3-4,6H2,1-2H3. The lowest BCUT2D eigenvalue weighted by Crippen LogP contribution is -2.40. The van der Waals surface area contributed by atoms with E-state index in [0.29, 0.717) is 11.2 Å². The number of ether oxygens (including phenoxy) is 1. The fourth-order valence-electron chi connectivity index (χ4n) is 2.09. The number of pyridine rings is 1. The molecule has 94 valence electrons. The molecule has 1 aromatic rings. The van der Waals surface area contributed by atoms with Crippen LogP contribution < -0.4 is 5.32 Å². The Bertz CT molecular complexity index is 411. The van der Waals surface area contributed by atoms with Crippen molar-refractivity contribution in [1.29, 1.82) is 0 Å². The molecular weight excluding hydrogens is 304 g/mol. The second-order valence-electron chi connectivity index (χ2n) is 4.94. The van der Waals surface area contributed by atoms with Gasteiger partial charge in [0.2, 0.25) is 0 Å². The number of nitrogens with zero attached hydrogens (tertiary/aromatic N) is 1. The summed E-state index contributed by atoms with van der Waals surface area (Å²) in [4.78, 5) is 4.11. The highest BCUT2D eigenvalue weighted by atomic mass is 79.9. The highest BCUT2D eigenvalue weighted by molar-refractivity contribution is 9.10. The van der Waals surface area contributed by atoms with Crippen molar-refractivity contribution in [2.24, 2.45) is 0 Å². The summed E-state index contributed by atoms with van der Waals surface area (Å²) in [7, 11) is 0. The van der Waals surface area contributed by atoms with Crippen LogP contribution in [0.2, 0.25) is 5.15 Å². The molecule has 2 heterocycles. The zero-order valence-electron chi connectivity index (χ0n) is 9.96. The first kappa shape index (κ1) is 13.1. The molecule has 0 saturated carbocycles. The van der Waals surface area contributed by atoms with Gasteiger partial charge in [-0.15, -0.1) is 0 Å². The summed E-state index contributed by atoms with van der Waals surface area (Å²) in [5.41, 5.74) is 0.941. The summed E-state index contributed by atoms with van der Waals surface area (Å²) in [5, 5.41) is 3.96. The Balaban J connectivity index is 2.03.